The van der Waals surface area contributed by atoms with E-state index in [2.05, 4.69) is 5.32 Å². The third-order valence-corrected chi connectivity index (χ3v) is 6.65. The molecule has 1 aromatic rings. The molecule has 1 spiro atoms. The van der Waals surface area contributed by atoms with Gasteiger partial charge >= 0.3 is 0 Å². The van der Waals surface area contributed by atoms with Crippen LogP contribution in [0, 0.1) is 12.3 Å². The lowest BCUT2D eigenvalue weighted by Gasteiger charge is -2.38. The maximum absolute atomic E-state index is 13.2. The second-order valence-electron chi connectivity index (χ2n) is 8.78. The molecule has 2 aliphatic rings. The first kappa shape index (κ1) is 23.3. The molecular weight excluding hydrogens is 394 g/mol. The molecule has 0 aliphatic carbocycles. The van der Waals surface area contributed by atoms with Gasteiger partial charge in [-0.05, 0) is 45.1 Å². The number of hydrogen-bond acceptors (Lipinski definition) is 4. The zero-order chi connectivity index (χ0) is 22.4. The van der Waals surface area contributed by atoms with Gasteiger partial charge in [-0.15, -0.1) is 0 Å². The fraction of sp³-hybridized carbons (Fsp3) is 0.625. The third kappa shape index (κ3) is 5.26. The van der Waals surface area contributed by atoms with E-state index in [-0.39, 0.29) is 17.7 Å². The number of aryl methyl sites for hydroxylation is 1. The summed E-state index contributed by atoms with van der Waals surface area (Å²) >= 11 is 0. The monoisotopic (exact) mass is 429 g/mol. The smallest absolute Gasteiger partial charge is 0.242 e. The van der Waals surface area contributed by atoms with Crippen molar-refractivity contribution >= 4 is 17.7 Å². The average Bonchev–Trinajstić information content (AvgIpc) is 3.03. The van der Waals surface area contributed by atoms with Crippen LogP contribution in [0.3, 0.4) is 0 Å². The molecule has 31 heavy (non-hydrogen) atoms. The van der Waals surface area contributed by atoms with E-state index in [1.807, 2.05) is 43.0 Å². The summed E-state index contributed by atoms with van der Waals surface area (Å²) in [5.74, 6) is 0.0876. The van der Waals surface area contributed by atoms with Crippen LogP contribution in [-0.2, 0) is 25.5 Å². The Bertz CT molecular complexity index is 802. The predicted molar refractivity (Wildman–Crippen MR) is 118 cm³/mol. The predicted octanol–water partition coefficient (Wildman–Crippen LogP) is 1.92. The summed E-state index contributed by atoms with van der Waals surface area (Å²) in [6.07, 6.45) is 2.91. The Hall–Kier alpha value is -2.41. The average molecular weight is 430 g/mol. The maximum atomic E-state index is 13.2. The summed E-state index contributed by atoms with van der Waals surface area (Å²) in [6, 6.07) is 7.59. The Balaban J connectivity index is 1.58. The number of methoxy groups -OCH3 is 1. The second kappa shape index (κ2) is 10.3. The highest BCUT2D eigenvalue weighted by atomic mass is 16.5. The number of carbonyl (C=O) groups excluding carboxylic acids is 3. The molecule has 1 aromatic carbocycles. The van der Waals surface area contributed by atoms with E-state index < -0.39 is 11.5 Å². The van der Waals surface area contributed by atoms with E-state index in [0.29, 0.717) is 58.5 Å². The molecule has 2 saturated heterocycles. The molecule has 0 saturated carbocycles. The highest BCUT2D eigenvalue weighted by molar-refractivity contribution is 5.94. The van der Waals surface area contributed by atoms with Crippen molar-refractivity contribution < 1.29 is 19.1 Å². The van der Waals surface area contributed by atoms with Crippen molar-refractivity contribution in [2.75, 3.05) is 39.9 Å². The molecule has 3 amide bonds. The lowest BCUT2D eigenvalue weighted by Crippen LogP contribution is -2.47. The number of hydrogen-bond donors (Lipinski definition) is 1. The maximum Gasteiger partial charge on any atom is 0.242 e. The summed E-state index contributed by atoms with van der Waals surface area (Å²) in [5, 5.41) is 2.95. The largest absolute Gasteiger partial charge is 0.385 e. The third-order valence-electron chi connectivity index (χ3n) is 6.65. The van der Waals surface area contributed by atoms with Gasteiger partial charge in [-0.2, -0.15) is 0 Å². The fourth-order valence-corrected chi connectivity index (χ4v) is 4.87. The van der Waals surface area contributed by atoms with Crippen molar-refractivity contribution in [3.8, 4) is 0 Å². The highest BCUT2D eigenvalue weighted by Crippen LogP contribution is 2.44. The summed E-state index contributed by atoms with van der Waals surface area (Å²) in [4.78, 5) is 42.3. The zero-order valence-corrected chi connectivity index (χ0v) is 19.0. The van der Waals surface area contributed by atoms with Gasteiger partial charge in [0.2, 0.25) is 17.7 Å². The van der Waals surface area contributed by atoms with Crippen molar-refractivity contribution in [1.82, 2.24) is 15.1 Å². The second-order valence-corrected chi connectivity index (χ2v) is 8.78. The number of ether oxygens (including phenoxy) is 1. The van der Waals surface area contributed by atoms with Crippen LogP contribution in [0.1, 0.15) is 43.7 Å². The van der Waals surface area contributed by atoms with E-state index in [4.69, 9.17) is 4.74 Å². The van der Waals surface area contributed by atoms with Crippen molar-refractivity contribution in [3.05, 3.63) is 35.4 Å². The number of rotatable bonds is 8. The molecule has 2 aliphatic heterocycles. The number of benzene rings is 1. The molecule has 3 rings (SSSR count). The number of piperidine rings is 1. The number of likely N-dealkylation sites (tertiary alicyclic amines) is 2. The Kier molecular flexibility index (Phi) is 7.70. The molecule has 7 heteroatoms. The normalized spacial score (nSPS) is 20.4. The summed E-state index contributed by atoms with van der Waals surface area (Å²) in [7, 11) is 1.64. The van der Waals surface area contributed by atoms with Crippen LogP contribution in [0.15, 0.2) is 24.3 Å². The van der Waals surface area contributed by atoms with E-state index >= 15 is 0 Å². The lowest BCUT2D eigenvalue weighted by atomic mass is 9.75. The SMILES string of the molecule is CCN1C(=O)C2(CCN(C(=O)Cc3cccc(C)c3)CC2)CC1C(=O)NCCCOC. The Labute approximate surface area is 185 Å². The molecular formula is C24H35N3O4. The van der Waals surface area contributed by atoms with Crippen molar-refractivity contribution in [3.63, 3.8) is 0 Å². The van der Waals surface area contributed by atoms with Gasteiger partial charge in [-0.3, -0.25) is 14.4 Å². The minimum Gasteiger partial charge on any atom is -0.385 e. The van der Waals surface area contributed by atoms with Crippen LogP contribution in [0.25, 0.3) is 0 Å². The van der Waals surface area contributed by atoms with Crippen molar-refractivity contribution in [1.29, 1.82) is 0 Å². The summed E-state index contributed by atoms with van der Waals surface area (Å²) in [6.45, 7) is 6.73. The van der Waals surface area contributed by atoms with Gasteiger partial charge in [0.1, 0.15) is 6.04 Å². The lowest BCUT2D eigenvalue weighted by molar-refractivity contribution is -0.143. The van der Waals surface area contributed by atoms with E-state index in [0.717, 1.165) is 17.5 Å². The first-order valence-corrected chi connectivity index (χ1v) is 11.3. The Morgan fingerprint density at radius 2 is 2.00 bits per heavy atom. The highest BCUT2D eigenvalue weighted by Gasteiger charge is 2.54. The zero-order valence-electron chi connectivity index (χ0n) is 19.0. The first-order valence-electron chi connectivity index (χ1n) is 11.3. The minimum atomic E-state index is -0.523. The van der Waals surface area contributed by atoms with Crippen molar-refractivity contribution in [2.45, 2.75) is 52.0 Å². The summed E-state index contributed by atoms with van der Waals surface area (Å²) < 4.78 is 5.02. The molecule has 0 bridgehead atoms. The number of amides is 3. The van der Waals surface area contributed by atoms with Gasteiger partial charge in [0, 0.05) is 39.9 Å². The van der Waals surface area contributed by atoms with Crippen molar-refractivity contribution in [2.24, 2.45) is 5.41 Å². The van der Waals surface area contributed by atoms with Gasteiger partial charge < -0.3 is 19.9 Å². The van der Waals surface area contributed by atoms with E-state index in [1.54, 1.807) is 12.0 Å². The van der Waals surface area contributed by atoms with Gasteiger partial charge in [0.05, 0.1) is 11.8 Å². The number of nitrogens with zero attached hydrogens (tertiary/aromatic N) is 2. The summed E-state index contributed by atoms with van der Waals surface area (Å²) in [5.41, 5.74) is 1.64. The Morgan fingerprint density at radius 1 is 1.26 bits per heavy atom. The molecule has 1 N–H and O–H groups in total. The minimum absolute atomic E-state index is 0.0674. The van der Waals surface area contributed by atoms with Crippen LogP contribution >= 0.6 is 0 Å². The topological polar surface area (TPSA) is 79.0 Å². The van der Waals surface area contributed by atoms with Crippen LogP contribution in [-0.4, -0.2) is 73.5 Å². The number of nitrogens with one attached hydrogen (secondary N) is 1. The Morgan fingerprint density at radius 3 is 2.65 bits per heavy atom. The molecule has 2 fully saturated rings. The quantitative estimate of drug-likeness (QED) is 0.641. The van der Waals surface area contributed by atoms with Crippen LogP contribution < -0.4 is 5.32 Å². The molecule has 1 unspecified atom stereocenters. The van der Waals surface area contributed by atoms with Gasteiger partial charge in [-0.1, -0.05) is 29.8 Å². The van der Waals surface area contributed by atoms with E-state index in [1.165, 1.54) is 0 Å². The standard InChI is InChI=1S/C24H35N3O4/c1-4-27-20(22(29)25-11-6-14-31-3)17-24(23(27)30)9-12-26(13-10-24)21(28)16-19-8-5-7-18(2)15-19/h5,7-8,15,20H,4,6,9-14,16-17H2,1-3H3,(H,25,29). The van der Waals surface area contributed by atoms with Crippen LogP contribution in [0.2, 0.25) is 0 Å². The van der Waals surface area contributed by atoms with Gasteiger partial charge in [0.25, 0.3) is 0 Å². The number of likely N-dealkylation sites (N-methyl/N-ethyl adjacent to an activating group) is 1. The van der Waals surface area contributed by atoms with E-state index in [9.17, 15) is 14.4 Å². The van der Waals surface area contributed by atoms with Gasteiger partial charge in [0.15, 0.2) is 0 Å². The molecule has 7 nitrogen and oxygen atoms in total. The van der Waals surface area contributed by atoms with Crippen LogP contribution in [0.4, 0.5) is 0 Å². The van der Waals surface area contributed by atoms with Gasteiger partial charge in [-0.25, -0.2) is 0 Å². The molecule has 2 heterocycles. The molecule has 0 radical (unpaired) electrons. The van der Waals surface area contributed by atoms with Crippen LogP contribution in [0.5, 0.6) is 0 Å². The fourth-order valence-electron chi connectivity index (χ4n) is 4.87. The molecule has 0 aromatic heterocycles. The molecule has 1 atom stereocenters. The first-order chi connectivity index (χ1) is 14.9. The number of carbonyl (C=O) groups is 3. The molecule has 170 valence electrons.